The number of pyridine rings is 1. The minimum absolute atomic E-state index is 0.0448. The SMILES string of the molecule is CN1CCN(C(=O)c2cn3c4cc5c(=O)c6ccccc6c(=O)c5cc4oc4c(N5CCC(NC(=O)CC(C)(C)C)C5)c(F)cc(c2=O)c43)CC1. The molecule has 2 saturated heterocycles. The Morgan fingerprint density at radius 2 is 1.55 bits per heavy atom. The summed E-state index contributed by atoms with van der Waals surface area (Å²) in [6, 6.07) is 10.6. The molecular weight excluding hydrogens is 653 g/mol. The van der Waals surface area contributed by atoms with Crippen LogP contribution in [0.1, 0.15) is 44.0 Å². The molecule has 4 aromatic carbocycles. The number of piperazine rings is 1. The van der Waals surface area contributed by atoms with Crippen LogP contribution in [-0.2, 0) is 4.79 Å². The van der Waals surface area contributed by atoms with E-state index in [1.807, 2.05) is 27.8 Å². The van der Waals surface area contributed by atoms with Crippen LogP contribution in [0.4, 0.5) is 10.1 Å². The van der Waals surface area contributed by atoms with E-state index >= 15 is 4.39 Å². The maximum Gasteiger partial charge on any atom is 0.259 e. The van der Waals surface area contributed by atoms with E-state index in [-0.39, 0.29) is 83.1 Å². The van der Waals surface area contributed by atoms with E-state index in [2.05, 4.69) is 10.2 Å². The molecule has 1 N–H and O–H groups in total. The zero-order chi connectivity index (χ0) is 35.9. The van der Waals surface area contributed by atoms with Crippen LogP contribution in [0.5, 0.6) is 0 Å². The Kier molecular flexibility index (Phi) is 7.64. The number of hydrogen-bond donors (Lipinski definition) is 1. The van der Waals surface area contributed by atoms with Gasteiger partial charge in [-0.25, -0.2) is 4.39 Å². The Hall–Kier alpha value is -5.36. The van der Waals surface area contributed by atoms with Crippen LogP contribution >= 0.6 is 0 Å². The highest BCUT2D eigenvalue weighted by molar-refractivity contribution is 6.08. The normalized spacial score (nSPS) is 17.5. The van der Waals surface area contributed by atoms with Crippen LogP contribution < -0.4 is 26.5 Å². The maximum atomic E-state index is 16.5. The lowest BCUT2D eigenvalue weighted by molar-refractivity contribution is -0.123. The van der Waals surface area contributed by atoms with Gasteiger partial charge in [0.15, 0.2) is 27.8 Å². The molecule has 0 saturated carbocycles. The molecule has 12 heteroatoms. The smallest absolute Gasteiger partial charge is 0.259 e. The number of likely N-dealkylation sites (N-methyl/N-ethyl adjacent to an activating group) is 1. The van der Waals surface area contributed by atoms with Crippen LogP contribution in [0, 0.1) is 11.2 Å². The Bertz CT molecular complexity index is 2620. The second-order valence-corrected chi connectivity index (χ2v) is 15.2. The first kappa shape index (κ1) is 32.8. The lowest BCUT2D eigenvalue weighted by Gasteiger charge is -2.32. The van der Waals surface area contributed by atoms with E-state index in [9.17, 15) is 24.0 Å². The number of amides is 2. The van der Waals surface area contributed by atoms with Gasteiger partial charge in [0.1, 0.15) is 16.8 Å². The lowest BCUT2D eigenvalue weighted by Crippen LogP contribution is -2.48. The molecule has 0 radical (unpaired) electrons. The average molecular weight is 692 g/mol. The summed E-state index contributed by atoms with van der Waals surface area (Å²) in [4.78, 5) is 73.7. The number of carbonyl (C=O) groups is 2. The number of halogens is 1. The van der Waals surface area contributed by atoms with E-state index in [0.717, 1.165) is 6.07 Å². The number of nitrogens with zero attached hydrogens (tertiary/aromatic N) is 4. The highest BCUT2D eigenvalue weighted by Gasteiger charge is 2.32. The third-order valence-electron chi connectivity index (χ3n) is 10.2. The summed E-state index contributed by atoms with van der Waals surface area (Å²) in [5.41, 5.74) is -0.716. The minimum atomic E-state index is -0.714. The molecular formula is C39H38FN5O6. The van der Waals surface area contributed by atoms with Gasteiger partial charge in [-0.2, -0.15) is 0 Å². The van der Waals surface area contributed by atoms with E-state index < -0.39 is 17.2 Å². The molecule has 51 heavy (non-hydrogen) atoms. The second-order valence-electron chi connectivity index (χ2n) is 15.2. The molecule has 2 aromatic heterocycles. The summed E-state index contributed by atoms with van der Waals surface area (Å²) in [5, 5.41) is 3.90. The van der Waals surface area contributed by atoms with Crippen molar-refractivity contribution in [2.45, 2.75) is 39.7 Å². The number of anilines is 1. The van der Waals surface area contributed by atoms with Crippen LogP contribution in [0.3, 0.4) is 0 Å². The lowest BCUT2D eigenvalue weighted by atomic mass is 9.92. The predicted molar refractivity (Wildman–Crippen MR) is 196 cm³/mol. The molecule has 1 unspecified atom stereocenters. The van der Waals surface area contributed by atoms with Gasteiger partial charge in [-0.05, 0) is 37.1 Å². The Morgan fingerprint density at radius 1 is 0.882 bits per heavy atom. The van der Waals surface area contributed by atoms with Gasteiger partial charge in [0.05, 0.1) is 10.9 Å². The summed E-state index contributed by atoms with van der Waals surface area (Å²) in [5.74, 6) is -1.27. The number of fused-ring (bicyclic) bond motifs is 4. The second kappa shape index (κ2) is 11.9. The molecule has 11 nitrogen and oxygen atoms in total. The molecule has 2 aliphatic heterocycles. The van der Waals surface area contributed by atoms with Gasteiger partial charge in [-0.15, -0.1) is 0 Å². The molecule has 262 valence electrons. The van der Waals surface area contributed by atoms with Crippen molar-refractivity contribution in [2.24, 2.45) is 5.41 Å². The van der Waals surface area contributed by atoms with Gasteiger partial charge in [0.2, 0.25) is 11.3 Å². The van der Waals surface area contributed by atoms with Crippen molar-refractivity contribution in [3.63, 3.8) is 0 Å². The van der Waals surface area contributed by atoms with E-state index in [1.54, 1.807) is 44.5 Å². The fourth-order valence-corrected chi connectivity index (χ4v) is 7.66. The average Bonchev–Trinajstić information content (AvgIpc) is 3.54. The molecule has 0 aliphatic carbocycles. The van der Waals surface area contributed by atoms with Crippen molar-refractivity contribution >= 4 is 66.6 Å². The quantitative estimate of drug-likeness (QED) is 0.214. The number of nitrogens with one attached hydrogen (secondary N) is 1. The molecule has 1 atom stereocenters. The molecule has 0 bridgehead atoms. The third kappa shape index (κ3) is 5.49. The molecule has 2 amide bonds. The summed E-state index contributed by atoms with van der Waals surface area (Å²) >= 11 is 0. The zero-order valence-corrected chi connectivity index (χ0v) is 29.0. The fraction of sp³-hybridized carbons (Fsp3) is 0.359. The third-order valence-corrected chi connectivity index (χ3v) is 10.2. The van der Waals surface area contributed by atoms with Gasteiger partial charge >= 0.3 is 0 Å². The van der Waals surface area contributed by atoms with Crippen molar-refractivity contribution in [2.75, 3.05) is 51.2 Å². The van der Waals surface area contributed by atoms with Gasteiger partial charge in [-0.3, -0.25) is 24.0 Å². The first-order chi connectivity index (χ1) is 24.3. The summed E-state index contributed by atoms with van der Waals surface area (Å²) in [6.07, 6.45) is 2.36. The van der Waals surface area contributed by atoms with E-state index in [1.165, 1.54) is 12.3 Å². The molecule has 2 aliphatic rings. The molecule has 4 heterocycles. The van der Waals surface area contributed by atoms with Crippen molar-refractivity contribution < 1.29 is 18.4 Å². The first-order valence-corrected chi connectivity index (χ1v) is 17.3. The van der Waals surface area contributed by atoms with Crippen LogP contribution in [0.15, 0.2) is 67.5 Å². The Labute approximate surface area is 291 Å². The van der Waals surface area contributed by atoms with Crippen molar-refractivity contribution in [3.05, 3.63) is 90.7 Å². The Balaban J connectivity index is 1.37. The first-order valence-electron chi connectivity index (χ1n) is 17.3. The van der Waals surface area contributed by atoms with Crippen LogP contribution in [0.25, 0.3) is 49.1 Å². The number of carbonyl (C=O) groups excluding carboxylic acids is 2. The fourth-order valence-electron chi connectivity index (χ4n) is 7.66. The summed E-state index contributed by atoms with van der Waals surface area (Å²) in [6.45, 7) is 8.81. The molecule has 2 fully saturated rings. The Morgan fingerprint density at radius 3 is 2.22 bits per heavy atom. The van der Waals surface area contributed by atoms with Crippen LogP contribution in [-0.4, -0.2) is 78.4 Å². The molecule has 6 aromatic rings. The van der Waals surface area contributed by atoms with Gasteiger partial charge in [0, 0.05) is 79.5 Å². The van der Waals surface area contributed by atoms with Gasteiger partial charge in [-0.1, -0.05) is 45.0 Å². The van der Waals surface area contributed by atoms with Crippen molar-refractivity contribution in [3.8, 4) is 0 Å². The monoisotopic (exact) mass is 691 g/mol. The number of rotatable bonds is 4. The minimum Gasteiger partial charge on any atom is -0.451 e. The molecule has 8 rings (SSSR count). The highest BCUT2D eigenvalue weighted by Crippen LogP contribution is 2.38. The largest absolute Gasteiger partial charge is 0.451 e. The maximum absolute atomic E-state index is 16.5. The summed E-state index contributed by atoms with van der Waals surface area (Å²) in [7, 11) is 1.96. The highest BCUT2D eigenvalue weighted by atomic mass is 19.1. The van der Waals surface area contributed by atoms with Gasteiger partial charge < -0.3 is 28.8 Å². The van der Waals surface area contributed by atoms with Crippen LogP contribution in [0.2, 0.25) is 0 Å². The van der Waals surface area contributed by atoms with Crippen molar-refractivity contribution in [1.29, 1.82) is 0 Å². The van der Waals surface area contributed by atoms with Crippen molar-refractivity contribution in [1.82, 2.24) is 19.5 Å². The predicted octanol–water partition coefficient (Wildman–Crippen LogP) is 4.32. The number of benzene rings is 4. The topological polar surface area (TPSA) is 125 Å². The summed E-state index contributed by atoms with van der Waals surface area (Å²) < 4.78 is 24.6. The van der Waals surface area contributed by atoms with Gasteiger partial charge in [0.25, 0.3) is 5.91 Å². The van der Waals surface area contributed by atoms with E-state index in [4.69, 9.17) is 4.42 Å². The standard InChI is InChI=1S/C39H38FN5O6/c1-39(2,3)18-31(46)41-21-9-10-44(19-21)33-28(40)15-26-32-37(33)51-30-17-25-24(34(47)22-7-5-6-8-23(22)35(25)48)16-29(30)45(32)20-27(36(26)49)38(50)43-13-11-42(4)12-14-43/h5-8,15-17,20-21H,9-14,18-19H2,1-4H3,(H,41,46). The zero-order valence-electron chi connectivity index (χ0n) is 29.0. The molecule has 0 spiro atoms. The van der Waals surface area contributed by atoms with E-state index in [0.29, 0.717) is 57.6 Å². The number of aromatic nitrogens is 1. The number of hydrogen-bond acceptors (Lipinski definition) is 8.